The second-order valence-electron chi connectivity index (χ2n) is 5.17. The molecule has 0 aliphatic carbocycles. The maximum absolute atomic E-state index is 5.67. The molecular weight excluding hydrogens is 226 g/mol. The van der Waals surface area contributed by atoms with Crippen molar-refractivity contribution in [3.63, 3.8) is 0 Å². The van der Waals surface area contributed by atoms with Crippen LogP contribution in [0.4, 0.5) is 0 Å². The summed E-state index contributed by atoms with van der Waals surface area (Å²) in [6.45, 7) is 6.11. The maximum Gasteiger partial charge on any atom is 0.101 e. The third kappa shape index (κ3) is 3.85. The van der Waals surface area contributed by atoms with E-state index in [0.29, 0.717) is 12.1 Å². The van der Waals surface area contributed by atoms with Gasteiger partial charge in [-0.2, -0.15) is 0 Å². The summed E-state index contributed by atoms with van der Waals surface area (Å²) in [6.07, 6.45) is 8.45. The van der Waals surface area contributed by atoms with Gasteiger partial charge in [0.2, 0.25) is 0 Å². The van der Waals surface area contributed by atoms with E-state index >= 15 is 0 Å². The van der Waals surface area contributed by atoms with Crippen LogP contribution >= 0.6 is 0 Å². The topological polar surface area (TPSA) is 34.4 Å². The lowest BCUT2D eigenvalue weighted by Gasteiger charge is -2.17. The van der Waals surface area contributed by atoms with E-state index in [1.165, 1.54) is 31.2 Å². The molecule has 0 aromatic carbocycles. The lowest BCUT2D eigenvalue weighted by Crippen LogP contribution is -2.20. The van der Waals surface area contributed by atoms with E-state index < -0.39 is 0 Å². The minimum atomic E-state index is 0.425. The monoisotopic (exact) mass is 251 g/mol. The Kier molecular flexibility index (Phi) is 5.26. The Hall–Kier alpha value is -0.800. The van der Waals surface area contributed by atoms with Crippen molar-refractivity contribution in [1.82, 2.24) is 5.32 Å². The summed E-state index contributed by atoms with van der Waals surface area (Å²) in [5.74, 6) is 0.993. The van der Waals surface area contributed by atoms with Gasteiger partial charge in [0.25, 0.3) is 0 Å². The van der Waals surface area contributed by atoms with Crippen molar-refractivity contribution in [2.24, 2.45) is 0 Å². The molecule has 2 rings (SSSR count). The van der Waals surface area contributed by atoms with Gasteiger partial charge >= 0.3 is 0 Å². The highest BCUT2D eigenvalue weighted by atomic mass is 16.5. The van der Waals surface area contributed by atoms with Crippen LogP contribution < -0.4 is 5.32 Å². The average molecular weight is 251 g/mol. The smallest absolute Gasteiger partial charge is 0.101 e. The molecule has 1 aliphatic heterocycles. The van der Waals surface area contributed by atoms with Crippen LogP contribution in [0.25, 0.3) is 0 Å². The number of furan rings is 1. The first-order valence-corrected chi connectivity index (χ1v) is 7.19. The minimum Gasteiger partial charge on any atom is -0.469 e. The van der Waals surface area contributed by atoms with E-state index in [1.807, 2.05) is 13.2 Å². The van der Waals surface area contributed by atoms with Crippen LogP contribution in [0.15, 0.2) is 16.7 Å². The molecule has 2 heterocycles. The summed E-state index contributed by atoms with van der Waals surface area (Å²) < 4.78 is 11.1. The molecule has 3 heteroatoms. The van der Waals surface area contributed by atoms with Gasteiger partial charge in [-0.25, -0.2) is 0 Å². The first kappa shape index (κ1) is 13.6. The zero-order chi connectivity index (χ0) is 12.8. The Morgan fingerprint density at radius 1 is 1.50 bits per heavy atom. The molecule has 2 unspecified atom stereocenters. The Morgan fingerprint density at radius 2 is 2.39 bits per heavy atom. The Labute approximate surface area is 110 Å². The van der Waals surface area contributed by atoms with Crippen LogP contribution in [-0.2, 0) is 4.74 Å². The lowest BCUT2D eigenvalue weighted by molar-refractivity contribution is 0.101. The van der Waals surface area contributed by atoms with Crippen LogP contribution in [0.3, 0.4) is 0 Å². The summed E-state index contributed by atoms with van der Waals surface area (Å²) in [6, 6.07) is 2.56. The van der Waals surface area contributed by atoms with E-state index in [1.54, 1.807) is 0 Å². The zero-order valence-electron chi connectivity index (χ0n) is 11.6. The SMILES string of the molecule is CCNC(CCCC1CCCO1)c1coc(C)c1. The van der Waals surface area contributed by atoms with Gasteiger partial charge in [-0.1, -0.05) is 6.92 Å². The highest BCUT2D eigenvalue weighted by Crippen LogP contribution is 2.24. The number of hydrogen-bond acceptors (Lipinski definition) is 3. The summed E-state index contributed by atoms with van der Waals surface area (Å²) in [7, 11) is 0. The van der Waals surface area contributed by atoms with Crippen molar-refractivity contribution in [1.29, 1.82) is 0 Å². The summed E-state index contributed by atoms with van der Waals surface area (Å²) in [5, 5.41) is 3.54. The third-order valence-corrected chi connectivity index (χ3v) is 3.65. The highest BCUT2D eigenvalue weighted by Gasteiger charge is 2.17. The summed E-state index contributed by atoms with van der Waals surface area (Å²) in [4.78, 5) is 0. The van der Waals surface area contributed by atoms with Gasteiger partial charge in [0.05, 0.1) is 12.4 Å². The Morgan fingerprint density at radius 3 is 3.00 bits per heavy atom. The van der Waals surface area contributed by atoms with Crippen molar-refractivity contribution < 1.29 is 9.15 Å². The second-order valence-corrected chi connectivity index (χ2v) is 5.17. The first-order valence-electron chi connectivity index (χ1n) is 7.19. The predicted molar refractivity (Wildman–Crippen MR) is 72.7 cm³/mol. The molecule has 1 saturated heterocycles. The van der Waals surface area contributed by atoms with E-state index in [-0.39, 0.29) is 0 Å². The molecule has 102 valence electrons. The fourth-order valence-corrected chi connectivity index (χ4v) is 2.70. The molecule has 1 aromatic heterocycles. The number of rotatable bonds is 7. The number of nitrogens with one attached hydrogen (secondary N) is 1. The second kappa shape index (κ2) is 6.95. The first-order chi connectivity index (χ1) is 8.79. The van der Waals surface area contributed by atoms with Crippen LogP contribution in [0.5, 0.6) is 0 Å². The predicted octanol–water partition coefficient (Wildman–Crippen LogP) is 3.59. The largest absolute Gasteiger partial charge is 0.469 e. The summed E-state index contributed by atoms with van der Waals surface area (Å²) >= 11 is 0. The van der Waals surface area contributed by atoms with Gasteiger partial charge in [0, 0.05) is 18.2 Å². The molecule has 0 bridgehead atoms. The fourth-order valence-electron chi connectivity index (χ4n) is 2.70. The van der Waals surface area contributed by atoms with Gasteiger partial charge in [-0.3, -0.25) is 0 Å². The Bertz CT molecular complexity index is 342. The number of hydrogen-bond donors (Lipinski definition) is 1. The van der Waals surface area contributed by atoms with E-state index in [0.717, 1.165) is 25.3 Å². The standard InChI is InChI=1S/C15H25NO2/c1-3-16-15(13-10-12(2)18-11-13)8-4-6-14-7-5-9-17-14/h10-11,14-16H,3-9H2,1-2H3. The summed E-state index contributed by atoms with van der Waals surface area (Å²) in [5.41, 5.74) is 1.28. The molecule has 1 aliphatic rings. The van der Waals surface area contributed by atoms with Crippen LogP contribution in [0, 0.1) is 6.92 Å². The highest BCUT2D eigenvalue weighted by molar-refractivity contribution is 5.16. The van der Waals surface area contributed by atoms with Crippen LogP contribution in [-0.4, -0.2) is 19.3 Å². The normalized spacial score (nSPS) is 21.3. The average Bonchev–Trinajstić information content (AvgIpc) is 2.99. The molecule has 1 fully saturated rings. The zero-order valence-corrected chi connectivity index (χ0v) is 11.6. The molecule has 0 saturated carbocycles. The van der Waals surface area contributed by atoms with Crippen molar-refractivity contribution in [2.45, 2.75) is 58.1 Å². The van der Waals surface area contributed by atoms with Crippen LogP contribution in [0.2, 0.25) is 0 Å². The molecule has 2 atom stereocenters. The van der Waals surface area contributed by atoms with Gasteiger partial charge in [-0.15, -0.1) is 0 Å². The van der Waals surface area contributed by atoms with Gasteiger partial charge in [0.1, 0.15) is 5.76 Å². The quantitative estimate of drug-likeness (QED) is 0.804. The van der Waals surface area contributed by atoms with Crippen molar-refractivity contribution >= 4 is 0 Å². The van der Waals surface area contributed by atoms with Gasteiger partial charge in [0.15, 0.2) is 0 Å². The molecule has 18 heavy (non-hydrogen) atoms. The van der Waals surface area contributed by atoms with Crippen LogP contribution in [0.1, 0.15) is 56.4 Å². The molecule has 0 spiro atoms. The molecule has 1 aromatic rings. The van der Waals surface area contributed by atoms with E-state index in [4.69, 9.17) is 9.15 Å². The fraction of sp³-hybridized carbons (Fsp3) is 0.733. The van der Waals surface area contributed by atoms with E-state index in [2.05, 4.69) is 18.3 Å². The van der Waals surface area contributed by atoms with Crippen molar-refractivity contribution in [3.05, 3.63) is 23.7 Å². The Balaban J connectivity index is 1.78. The van der Waals surface area contributed by atoms with Gasteiger partial charge < -0.3 is 14.5 Å². The molecule has 0 radical (unpaired) electrons. The lowest BCUT2D eigenvalue weighted by atomic mass is 10.0. The minimum absolute atomic E-state index is 0.425. The third-order valence-electron chi connectivity index (χ3n) is 3.65. The molecule has 3 nitrogen and oxygen atoms in total. The van der Waals surface area contributed by atoms with Crippen molar-refractivity contribution in [2.75, 3.05) is 13.2 Å². The molecule has 0 amide bonds. The number of ether oxygens (including phenoxy) is 1. The molecule has 1 N–H and O–H groups in total. The number of aryl methyl sites for hydroxylation is 1. The van der Waals surface area contributed by atoms with Crippen molar-refractivity contribution in [3.8, 4) is 0 Å². The van der Waals surface area contributed by atoms with Gasteiger partial charge in [-0.05, 0) is 51.6 Å². The maximum atomic E-state index is 5.67. The molecular formula is C15H25NO2. The van der Waals surface area contributed by atoms with E-state index in [9.17, 15) is 0 Å².